The Balaban J connectivity index is 1.30. The number of ether oxygens (including phenoxy) is 3. The molecule has 0 radical (unpaired) electrons. The Morgan fingerprint density at radius 2 is 1.92 bits per heavy atom. The van der Waals surface area contributed by atoms with E-state index in [1.165, 1.54) is 26.8 Å². The lowest BCUT2D eigenvalue weighted by Crippen LogP contribution is -2.15. The topological polar surface area (TPSA) is 65.0 Å². The normalized spacial score (nSPS) is 15.6. The number of carbonyl (C=O) groups is 1. The zero-order chi connectivity index (χ0) is 26.5. The summed E-state index contributed by atoms with van der Waals surface area (Å²) in [5.74, 6) is 6.24. The molecule has 1 aliphatic rings. The van der Waals surface area contributed by atoms with Crippen LogP contribution in [0.25, 0.3) is 21.2 Å². The second-order valence-electron chi connectivity index (χ2n) is 9.46. The minimum Gasteiger partial charge on any atom is -0.489 e. The number of carboxylic acid groups (broad SMARTS) is 1. The van der Waals surface area contributed by atoms with Crippen molar-refractivity contribution in [3.63, 3.8) is 0 Å². The summed E-state index contributed by atoms with van der Waals surface area (Å²) in [6, 6.07) is 20.3. The van der Waals surface area contributed by atoms with Gasteiger partial charge in [0.15, 0.2) is 0 Å². The second-order valence-corrected chi connectivity index (χ2v) is 10.4. The first kappa shape index (κ1) is 25.8. The molecule has 6 heteroatoms. The van der Waals surface area contributed by atoms with E-state index in [1.54, 1.807) is 18.3 Å². The van der Waals surface area contributed by atoms with Gasteiger partial charge in [-0.3, -0.25) is 4.79 Å². The van der Waals surface area contributed by atoms with Crippen molar-refractivity contribution < 1.29 is 24.1 Å². The highest BCUT2D eigenvalue weighted by atomic mass is 32.1. The van der Waals surface area contributed by atoms with Gasteiger partial charge in [0.25, 0.3) is 0 Å². The highest BCUT2D eigenvalue weighted by Crippen LogP contribution is 2.37. The lowest BCUT2D eigenvalue weighted by atomic mass is 9.96. The van der Waals surface area contributed by atoms with Crippen LogP contribution in [0.3, 0.4) is 0 Å². The molecule has 0 bridgehead atoms. The Kier molecular flexibility index (Phi) is 7.97. The fraction of sp³-hybridized carbons (Fsp3) is 0.281. The predicted octanol–water partition coefficient (Wildman–Crippen LogP) is 7.21. The van der Waals surface area contributed by atoms with Crippen molar-refractivity contribution in [1.29, 1.82) is 0 Å². The second kappa shape index (κ2) is 11.7. The Hall–Kier alpha value is -3.79. The Bertz CT molecular complexity index is 1490. The lowest BCUT2D eigenvalue weighted by Gasteiger charge is -2.14. The van der Waals surface area contributed by atoms with Crippen LogP contribution in [0.2, 0.25) is 0 Å². The van der Waals surface area contributed by atoms with Gasteiger partial charge >= 0.3 is 5.97 Å². The Morgan fingerprint density at radius 3 is 2.63 bits per heavy atom. The molecule has 1 N–H and O–H groups in total. The number of carboxylic acids is 1. The van der Waals surface area contributed by atoms with Crippen LogP contribution >= 0.6 is 11.3 Å². The molecule has 2 atom stereocenters. The summed E-state index contributed by atoms with van der Waals surface area (Å²) in [5.41, 5.74) is 5.55. The van der Waals surface area contributed by atoms with Gasteiger partial charge in [-0.1, -0.05) is 30.2 Å². The van der Waals surface area contributed by atoms with E-state index in [-0.39, 0.29) is 18.4 Å². The van der Waals surface area contributed by atoms with Gasteiger partial charge in [0.05, 0.1) is 25.6 Å². The van der Waals surface area contributed by atoms with E-state index in [1.807, 2.05) is 30.3 Å². The molecule has 5 rings (SSSR count). The van der Waals surface area contributed by atoms with Crippen molar-refractivity contribution in [2.75, 3.05) is 13.2 Å². The van der Waals surface area contributed by atoms with Gasteiger partial charge in [0.1, 0.15) is 24.2 Å². The van der Waals surface area contributed by atoms with Crippen LogP contribution in [0.1, 0.15) is 42.4 Å². The first-order chi connectivity index (χ1) is 18.5. The van der Waals surface area contributed by atoms with Gasteiger partial charge < -0.3 is 19.3 Å². The molecule has 0 aliphatic carbocycles. The number of benzene rings is 3. The number of hydrogen-bond donors (Lipinski definition) is 1. The first-order valence-electron chi connectivity index (χ1n) is 12.7. The molecule has 5 nitrogen and oxygen atoms in total. The number of fused-ring (bicyclic) bond motifs is 1. The Morgan fingerprint density at radius 1 is 1.11 bits per heavy atom. The van der Waals surface area contributed by atoms with E-state index in [4.69, 9.17) is 19.3 Å². The zero-order valence-electron chi connectivity index (χ0n) is 21.5. The zero-order valence-corrected chi connectivity index (χ0v) is 22.3. The number of hydrogen-bond acceptors (Lipinski definition) is 5. The minimum absolute atomic E-state index is 0.0191. The standard InChI is InChI=1S/C32H30O5S/c1-3-4-24(17-32(33)34)23-6-8-25(9-7-23)36-18-22-5-12-31-29(16-22)30(20-38-31)28-11-10-26(15-21(28)2)37-27-13-14-35-19-27/h5-12,15-16,20,24,27H,13-14,17-19H2,1-2H3,(H,33,34). The summed E-state index contributed by atoms with van der Waals surface area (Å²) in [7, 11) is 0. The average Bonchev–Trinajstić information content (AvgIpc) is 3.57. The van der Waals surface area contributed by atoms with Crippen LogP contribution < -0.4 is 9.47 Å². The average molecular weight is 527 g/mol. The fourth-order valence-corrected chi connectivity index (χ4v) is 5.69. The molecule has 38 heavy (non-hydrogen) atoms. The number of aryl methyl sites for hydroxylation is 1. The molecule has 2 unspecified atom stereocenters. The van der Waals surface area contributed by atoms with Gasteiger partial charge in [-0.25, -0.2) is 0 Å². The highest BCUT2D eigenvalue weighted by Gasteiger charge is 2.18. The highest BCUT2D eigenvalue weighted by molar-refractivity contribution is 7.17. The summed E-state index contributed by atoms with van der Waals surface area (Å²) < 4.78 is 18.8. The maximum absolute atomic E-state index is 11.2. The van der Waals surface area contributed by atoms with E-state index in [0.29, 0.717) is 13.2 Å². The molecule has 2 heterocycles. The van der Waals surface area contributed by atoms with Crippen LogP contribution in [0.4, 0.5) is 0 Å². The van der Waals surface area contributed by atoms with Crippen molar-refractivity contribution in [2.24, 2.45) is 0 Å². The molecule has 0 amide bonds. The third kappa shape index (κ3) is 6.02. The van der Waals surface area contributed by atoms with Crippen LogP contribution in [0, 0.1) is 18.8 Å². The maximum atomic E-state index is 11.2. The summed E-state index contributed by atoms with van der Waals surface area (Å²) in [4.78, 5) is 11.2. The molecule has 1 aromatic heterocycles. The van der Waals surface area contributed by atoms with E-state index < -0.39 is 5.97 Å². The first-order valence-corrected chi connectivity index (χ1v) is 13.6. The molecule has 1 saturated heterocycles. The van der Waals surface area contributed by atoms with Crippen LogP contribution in [0.5, 0.6) is 11.5 Å². The quantitative estimate of drug-likeness (QED) is 0.234. The molecule has 4 aromatic rings. The van der Waals surface area contributed by atoms with Crippen LogP contribution in [-0.4, -0.2) is 30.4 Å². The van der Waals surface area contributed by atoms with Gasteiger partial charge in [-0.2, -0.15) is 0 Å². The molecule has 0 spiro atoms. The van der Waals surface area contributed by atoms with Crippen LogP contribution in [0.15, 0.2) is 66.0 Å². The van der Waals surface area contributed by atoms with Gasteiger partial charge in [0, 0.05) is 22.1 Å². The minimum atomic E-state index is -0.861. The smallest absolute Gasteiger partial charge is 0.304 e. The SMILES string of the molecule is CC#CC(CC(=O)O)c1ccc(OCc2ccc3scc(-c4ccc(OC5CCOC5)cc4C)c3c2)cc1. The molecule has 1 fully saturated rings. The van der Waals surface area contributed by atoms with Gasteiger partial charge in [-0.05, 0) is 77.9 Å². The Labute approximate surface area is 227 Å². The molecular formula is C32H30O5S. The van der Waals surface area contributed by atoms with Crippen molar-refractivity contribution in [2.45, 2.75) is 45.3 Å². The third-order valence-electron chi connectivity index (χ3n) is 6.70. The van der Waals surface area contributed by atoms with Crippen molar-refractivity contribution in [3.05, 3.63) is 82.7 Å². The molecule has 0 saturated carbocycles. The molecular weight excluding hydrogens is 496 g/mol. The van der Waals surface area contributed by atoms with Crippen LogP contribution in [-0.2, 0) is 16.1 Å². The predicted molar refractivity (Wildman–Crippen MR) is 151 cm³/mol. The van der Waals surface area contributed by atoms with E-state index in [2.05, 4.69) is 54.5 Å². The van der Waals surface area contributed by atoms with E-state index in [0.717, 1.165) is 35.7 Å². The number of rotatable bonds is 9. The maximum Gasteiger partial charge on any atom is 0.304 e. The molecule has 1 aliphatic heterocycles. The summed E-state index contributed by atoms with van der Waals surface area (Å²) in [5, 5.41) is 12.6. The monoisotopic (exact) mass is 526 g/mol. The van der Waals surface area contributed by atoms with Crippen molar-refractivity contribution in [1.82, 2.24) is 0 Å². The fourth-order valence-electron chi connectivity index (χ4n) is 4.75. The number of aliphatic carboxylic acids is 1. The molecule has 194 valence electrons. The van der Waals surface area contributed by atoms with Gasteiger partial charge in [0.2, 0.25) is 0 Å². The van der Waals surface area contributed by atoms with Gasteiger partial charge in [-0.15, -0.1) is 17.3 Å². The number of thiophene rings is 1. The van der Waals surface area contributed by atoms with E-state index >= 15 is 0 Å². The summed E-state index contributed by atoms with van der Waals surface area (Å²) >= 11 is 1.74. The molecule has 3 aromatic carbocycles. The summed E-state index contributed by atoms with van der Waals surface area (Å²) in [6.45, 7) is 5.71. The third-order valence-corrected chi connectivity index (χ3v) is 7.67. The van der Waals surface area contributed by atoms with E-state index in [9.17, 15) is 4.79 Å². The van der Waals surface area contributed by atoms with Crippen molar-refractivity contribution >= 4 is 27.4 Å². The van der Waals surface area contributed by atoms with Crippen molar-refractivity contribution in [3.8, 4) is 34.5 Å². The largest absolute Gasteiger partial charge is 0.489 e. The summed E-state index contributed by atoms with van der Waals surface area (Å²) in [6.07, 6.45) is 1.05. The lowest BCUT2D eigenvalue weighted by molar-refractivity contribution is -0.137.